The number of hydrogen-bond donors (Lipinski definition) is 2. The van der Waals surface area contributed by atoms with Gasteiger partial charge in [-0.2, -0.15) is 5.26 Å². The highest BCUT2D eigenvalue weighted by atomic mass is 16.5. The van der Waals surface area contributed by atoms with Crippen molar-refractivity contribution >= 4 is 0 Å². The second kappa shape index (κ2) is 6.24. The molecule has 0 aliphatic carbocycles. The Hall–Kier alpha value is -1.57. The van der Waals surface area contributed by atoms with E-state index in [-0.39, 0.29) is 12.5 Å². The number of ether oxygens (including phenoxy) is 1. The number of rotatable bonds is 5. The summed E-state index contributed by atoms with van der Waals surface area (Å²) in [4.78, 5) is 0. The summed E-state index contributed by atoms with van der Waals surface area (Å²) in [5.41, 5.74) is 0.573. The minimum atomic E-state index is -1.06. The van der Waals surface area contributed by atoms with Gasteiger partial charge in [0, 0.05) is 0 Å². The molecule has 2 N–H and O–H groups in total. The Labute approximate surface area is 101 Å². The van der Waals surface area contributed by atoms with Gasteiger partial charge in [0.15, 0.2) is 0 Å². The molecule has 4 nitrogen and oxygen atoms in total. The van der Waals surface area contributed by atoms with Crippen molar-refractivity contribution in [2.24, 2.45) is 0 Å². The van der Waals surface area contributed by atoms with E-state index >= 15 is 0 Å². The molecule has 0 heterocycles. The molecule has 2 atom stereocenters. The van der Waals surface area contributed by atoms with Crippen LogP contribution in [0.2, 0.25) is 0 Å². The quantitative estimate of drug-likeness (QED) is 0.816. The first-order valence-corrected chi connectivity index (χ1v) is 5.54. The Morgan fingerprint density at radius 1 is 1.24 bits per heavy atom. The van der Waals surface area contributed by atoms with E-state index in [1.807, 2.05) is 19.9 Å². The van der Waals surface area contributed by atoms with Gasteiger partial charge in [-0.25, -0.2) is 0 Å². The van der Waals surface area contributed by atoms with E-state index in [4.69, 9.17) is 10.00 Å². The van der Waals surface area contributed by atoms with E-state index in [9.17, 15) is 10.2 Å². The molecule has 0 fully saturated rings. The van der Waals surface area contributed by atoms with Gasteiger partial charge in [-0.1, -0.05) is 12.1 Å². The van der Waals surface area contributed by atoms with Crippen LogP contribution in [0.25, 0.3) is 0 Å². The van der Waals surface area contributed by atoms with Crippen LogP contribution in [0, 0.1) is 11.3 Å². The molecule has 0 amide bonds. The van der Waals surface area contributed by atoms with Gasteiger partial charge in [0.1, 0.15) is 11.9 Å². The second-order valence-corrected chi connectivity index (χ2v) is 4.11. The third kappa shape index (κ3) is 4.06. The van der Waals surface area contributed by atoms with Crippen LogP contribution in [0.3, 0.4) is 0 Å². The number of aliphatic hydroxyl groups is 2. The van der Waals surface area contributed by atoms with Crippen LogP contribution in [0.5, 0.6) is 5.75 Å². The summed E-state index contributed by atoms with van der Waals surface area (Å²) >= 11 is 0. The highest BCUT2D eigenvalue weighted by Crippen LogP contribution is 2.22. The molecule has 0 aliphatic rings. The number of hydrogen-bond acceptors (Lipinski definition) is 4. The Morgan fingerprint density at radius 2 is 1.82 bits per heavy atom. The third-order valence-corrected chi connectivity index (χ3v) is 2.26. The van der Waals surface area contributed by atoms with Gasteiger partial charge < -0.3 is 14.9 Å². The Morgan fingerprint density at radius 3 is 2.29 bits per heavy atom. The fourth-order valence-corrected chi connectivity index (χ4v) is 1.44. The molecule has 2 unspecified atom stereocenters. The molecule has 1 rings (SSSR count). The summed E-state index contributed by atoms with van der Waals surface area (Å²) in [5.74, 6) is 0.714. The Kier molecular flexibility index (Phi) is 4.95. The van der Waals surface area contributed by atoms with E-state index in [1.54, 1.807) is 24.3 Å². The van der Waals surface area contributed by atoms with Crippen molar-refractivity contribution in [2.75, 3.05) is 0 Å². The maximum absolute atomic E-state index is 9.75. The summed E-state index contributed by atoms with van der Waals surface area (Å²) in [7, 11) is 0. The van der Waals surface area contributed by atoms with Crippen LogP contribution >= 0.6 is 0 Å². The zero-order chi connectivity index (χ0) is 12.8. The lowest BCUT2D eigenvalue weighted by atomic mass is 10.0. The maximum Gasteiger partial charge on any atom is 0.119 e. The van der Waals surface area contributed by atoms with Gasteiger partial charge >= 0.3 is 0 Å². The molecule has 1 aromatic rings. The summed E-state index contributed by atoms with van der Waals surface area (Å²) in [6.07, 6.45) is -2.10. The van der Waals surface area contributed by atoms with Crippen molar-refractivity contribution in [1.82, 2.24) is 0 Å². The minimum absolute atomic E-state index is 0.0919. The molecular weight excluding hydrogens is 218 g/mol. The zero-order valence-electron chi connectivity index (χ0n) is 10.00. The molecule has 1 aromatic carbocycles. The first kappa shape index (κ1) is 13.5. The maximum atomic E-state index is 9.75. The Balaban J connectivity index is 2.70. The first-order valence-electron chi connectivity index (χ1n) is 5.54. The topological polar surface area (TPSA) is 73.5 Å². The minimum Gasteiger partial charge on any atom is -0.491 e. The third-order valence-electron chi connectivity index (χ3n) is 2.26. The molecule has 4 heteroatoms. The van der Waals surface area contributed by atoms with Crippen molar-refractivity contribution in [3.8, 4) is 11.8 Å². The summed E-state index contributed by atoms with van der Waals surface area (Å²) in [6, 6.07) is 8.66. The van der Waals surface area contributed by atoms with Gasteiger partial charge in [-0.15, -0.1) is 0 Å². The lowest BCUT2D eigenvalue weighted by Crippen LogP contribution is -2.17. The van der Waals surface area contributed by atoms with Crippen LogP contribution in [0.15, 0.2) is 24.3 Å². The van der Waals surface area contributed by atoms with E-state index in [0.717, 1.165) is 0 Å². The predicted octanol–water partition coefficient (Wildman–Crippen LogP) is 1.78. The monoisotopic (exact) mass is 235 g/mol. The van der Waals surface area contributed by atoms with Crippen molar-refractivity contribution in [2.45, 2.75) is 38.6 Å². The fourth-order valence-electron chi connectivity index (χ4n) is 1.44. The number of nitrogens with zero attached hydrogens (tertiary/aromatic N) is 1. The molecule has 0 spiro atoms. The average molecular weight is 235 g/mol. The molecule has 92 valence electrons. The normalized spacial score (nSPS) is 14.1. The molecule has 0 aliphatic heterocycles. The molecule has 0 radical (unpaired) electrons. The molecule has 0 bridgehead atoms. The lowest BCUT2D eigenvalue weighted by molar-refractivity contribution is 0.0216. The number of benzene rings is 1. The van der Waals surface area contributed by atoms with Crippen molar-refractivity contribution in [1.29, 1.82) is 5.26 Å². The second-order valence-electron chi connectivity index (χ2n) is 4.11. The predicted molar refractivity (Wildman–Crippen MR) is 63.4 cm³/mol. The first-order chi connectivity index (χ1) is 8.04. The van der Waals surface area contributed by atoms with Gasteiger partial charge in [0.25, 0.3) is 0 Å². The summed E-state index contributed by atoms with van der Waals surface area (Å²) < 4.78 is 5.46. The van der Waals surface area contributed by atoms with E-state index < -0.39 is 12.2 Å². The van der Waals surface area contributed by atoms with Crippen LogP contribution in [-0.4, -0.2) is 22.4 Å². The largest absolute Gasteiger partial charge is 0.491 e. The van der Waals surface area contributed by atoms with Crippen LogP contribution in [-0.2, 0) is 0 Å². The molecule has 0 aromatic heterocycles. The van der Waals surface area contributed by atoms with Crippen molar-refractivity contribution in [3.05, 3.63) is 29.8 Å². The fraction of sp³-hybridized carbons (Fsp3) is 0.462. The highest BCUT2D eigenvalue weighted by molar-refractivity contribution is 5.29. The number of nitriles is 1. The van der Waals surface area contributed by atoms with Crippen LogP contribution in [0.4, 0.5) is 0 Å². The van der Waals surface area contributed by atoms with Gasteiger partial charge in [-0.05, 0) is 31.5 Å². The average Bonchev–Trinajstić information content (AvgIpc) is 2.28. The summed E-state index contributed by atoms with van der Waals surface area (Å²) in [6.45, 7) is 3.86. The van der Waals surface area contributed by atoms with Crippen molar-refractivity contribution in [3.63, 3.8) is 0 Å². The van der Waals surface area contributed by atoms with E-state index in [1.165, 1.54) is 0 Å². The standard InChI is InChI=1S/C13H17NO3/c1-9(2)17-11-5-3-10(4-6-11)13(16)12(15)7-8-14/h3-6,9,12-13,15-16H,7H2,1-2H3. The molecule has 0 saturated heterocycles. The van der Waals surface area contributed by atoms with Crippen LogP contribution in [0.1, 0.15) is 31.9 Å². The molecule has 0 saturated carbocycles. The Bertz CT molecular complexity index is 381. The lowest BCUT2D eigenvalue weighted by Gasteiger charge is -2.16. The summed E-state index contributed by atoms with van der Waals surface area (Å²) in [5, 5.41) is 27.7. The van der Waals surface area contributed by atoms with Gasteiger partial charge in [0.2, 0.25) is 0 Å². The zero-order valence-corrected chi connectivity index (χ0v) is 10.00. The van der Waals surface area contributed by atoms with Gasteiger partial charge in [0.05, 0.1) is 24.7 Å². The SMILES string of the molecule is CC(C)Oc1ccc(C(O)C(O)CC#N)cc1. The van der Waals surface area contributed by atoms with E-state index in [0.29, 0.717) is 11.3 Å². The smallest absolute Gasteiger partial charge is 0.119 e. The molecule has 17 heavy (non-hydrogen) atoms. The van der Waals surface area contributed by atoms with Gasteiger partial charge in [-0.3, -0.25) is 0 Å². The van der Waals surface area contributed by atoms with Crippen molar-refractivity contribution < 1.29 is 14.9 Å². The highest BCUT2D eigenvalue weighted by Gasteiger charge is 2.17. The van der Waals surface area contributed by atoms with Crippen LogP contribution < -0.4 is 4.74 Å². The molecular formula is C13H17NO3. The van der Waals surface area contributed by atoms with E-state index in [2.05, 4.69) is 0 Å². The number of aliphatic hydroxyl groups excluding tert-OH is 2.